The predicted octanol–water partition coefficient (Wildman–Crippen LogP) is 6.71. The number of ether oxygens (including phenoxy) is 2. The topological polar surface area (TPSA) is 77.4 Å². The van der Waals surface area contributed by atoms with Gasteiger partial charge >= 0.3 is 0 Å². The van der Waals surface area contributed by atoms with Gasteiger partial charge in [-0.3, -0.25) is 4.79 Å². The van der Waals surface area contributed by atoms with Crippen LogP contribution in [0.25, 0.3) is 10.8 Å². The fraction of sp³-hybridized carbons (Fsp3) is 0.278. The van der Waals surface area contributed by atoms with Gasteiger partial charge in [0.15, 0.2) is 0 Å². The Hall–Kier alpha value is -4.62. The van der Waals surface area contributed by atoms with Gasteiger partial charge < -0.3 is 20.1 Å². The monoisotopic (exact) mass is 574 g/mol. The van der Waals surface area contributed by atoms with Gasteiger partial charge in [0.1, 0.15) is 17.3 Å². The van der Waals surface area contributed by atoms with Gasteiger partial charge in [-0.05, 0) is 71.0 Å². The largest absolute Gasteiger partial charge is 0.497 e. The third kappa shape index (κ3) is 6.89. The Kier molecular flexibility index (Phi) is 8.70. The highest BCUT2D eigenvalue weighted by Crippen LogP contribution is 2.35. The molecular formula is C36H38N4O3. The number of carbonyl (C=O) groups excluding carboxylic acids is 1. The summed E-state index contributed by atoms with van der Waals surface area (Å²) in [6.07, 6.45) is 3.46. The van der Waals surface area contributed by atoms with Crippen molar-refractivity contribution < 1.29 is 14.3 Å². The molecule has 2 atom stereocenters. The fourth-order valence-corrected chi connectivity index (χ4v) is 6.01. The minimum Gasteiger partial charge on any atom is -0.497 e. The number of carbonyl (C=O) groups is 1. The molecule has 0 bridgehead atoms. The molecule has 0 radical (unpaired) electrons. The summed E-state index contributed by atoms with van der Waals surface area (Å²) in [5, 5.41) is 14.2. The molecule has 43 heavy (non-hydrogen) atoms. The summed E-state index contributed by atoms with van der Waals surface area (Å²) >= 11 is 0. The van der Waals surface area contributed by atoms with E-state index in [0.717, 1.165) is 70.7 Å². The van der Waals surface area contributed by atoms with Gasteiger partial charge in [-0.15, -0.1) is 0 Å². The molecule has 1 aliphatic rings. The van der Waals surface area contributed by atoms with E-state index in [9.17, 15) is 4.79 Å². The lowest BCUT2D eigenvalue weighted by molar-refractivity contribution is -0.115. The summed E-state index contributed by atoms with van der Waals surface area (Å²) in [7, 11) is 3.35. The van der Waals surface area contributed by atoms with E-state index in [1.54, 1.807) is 14.2 Å². The van der Waals surface area contributed by atoms with Crippen LogP contribution >= 0.6 is 0 Å². The molecule has 0 aliphatic heterocycles. The second kappa shape index (κ2) is 13.1. The Morgan fingerprint density at radius 3 is 2.30 bits per heavy atom. The first-order chi connectivity index (χ1) is 21.1. The highest BCUT2D eigenvalue weighted by Gasteiger charge is 2.28. The first-order valence-electron chi connectivity index (χ1n) is 14.9. The number of nitrogens with one attached hydrogen (secondary N) is 2. The van der Waals surface area contributed by atoms with Crippen molar-refractivity contribution in [1.29, 1.82) is 0 Å². The van der Waals surface area contributed by atoms with Crippen molar-refractivity contribution in [3.8, 4) is 11.5 Å². The maximum Gasteiger partial charge on any atom is 0.229 e. The van der Waals surface area contributed by atoms with Crippen molar-refractivity contribution in [2.75, 3.05) is 19.5 Å². The number of amides is 1. The normalized spacial score (nSPS) is 16.3. The van der Waals surface area contributed by atoms with Crippen molar-refractivity contribution in [3.63, 3.8) is 0 Å². The molecule has 1 aliphatic carbocycles. The van der Waals surface area contributed by atoms with Gasteiger partial charge in [0.2, 0.25) is 5.91 Å². The van der Waals surface area contributed by atoms with Crippen LogP contribution < -0.4 is 20.1 Å². The number of aromatic nitrogens is 2. The molecule has 1 amide bonds. The van der Waals surface area contributed by atoms with E-state index in [2.05, 4.69) is 47.0 Å². The third-order valence-electron chi connectivity index (χ3n) is 8.39. The minimum atomic E-state index is -0.0516. The average molecular weight is 575 g/mol. The molecular weight excluding hydrogens is 536 g/mol. The van der Waals surface area contributed by atoms with E-state index < -0.39 is 0 Å². The van der Waals surface area contributed by atoms with Crippen molar-refractivity contribution >= 4 is 22.5 Å². The zero-order valence-electron chi connectivity index (χ0n) is 24.8. The molecule has 1 heterocycles. The standard InChI is InChI=1S/C36H38N4O3/c1-42-31-16-10-25(11-17-31)23-37-30-15-14-29(20-30)34-22-35(40(39-34)24-26-12-18-32(43-2)19-13-26)38-36(41)21-28-8-5-7-27-6-3-4-9-33(27)28/h3-13,16-19,22,29-30,37H,14-15,20-21,23-24H2,1-2H3,(H,38,41). The van der Waals surface area contributed by atoms with Crippen molar-refractivity contribution in [2.24, 2.45) is 0 Å². The molecule has 4 aromatic carbocycles. The SMILES string of the molecule is COc1ccc(CNC2CCC(c3cc(NC(=O)Cc4cccc5ccccc45)n(Cc4ccc(OC)cc4)n3)C2)cc1. The van der Waals surface area contributed by atoms with Crippen LogP contribution in [-0.4, -0.2) is 35.9 Å². The second-order valence-electron chi connectivity index (χ2n) is 11.3. The Labute approximate surface area is 252 Å². The average Bonchev–Trinajstić information content (AvgIpc) is 3.68. The molecule has 7 heteroatoms. The first kappa shape index (κ1) is 28.5. The molecule has 220 valence electrons. The first-order valence-corrected chi connectivity index (χ1v) is 14.9. The van der Waals surface area contributed by atoms with Crippen LogP contribution in [0.3, 0.4) is 0 Å². The van der Waals surface area contributed by atoms with Crippen LogP contribution in [0.1, 0.15) is 47.6 Å². The number of anilines is 1. The van der Waals surface area contributed by atoms with Crippen LogP contribution in [0.2, 0.25) is 0 Å². The van der Waals surface area contributed by atoms with Gasteiger partial charge in [-0.25, -0.2) is 4.68 Å². The van der Waals surface area contributed by atoms with Crippen LogP contribution in [0, 0.1) is 0 Å². The van der Waals surface area contributed by atoms with Crippen molar-refractivity contribution in [2.45, 2.75) is 50.7 Å². The molecule has 5 aromatic rings. The molecule has 0 spiro atoms. The Morgan fingerprint density at radius 1 is 0.860 bits per heavy atom. The molecule has 7 nitrogen and oxygen atoms in total. The lowest BCUT2D eigenvalue weighted by Crippen LogP contribution is -2.25. The number of rotatable bonds is 11. The summed E-state index contributed by atoms with van der Waals surface area (Å²) in [6, 6.07) is 33.0. The lowest BCUT2D eigenvalue weighted by Gasteiger charge is -2.13. The third-order valence-corrected chi connectivity index (χ3v) is 8.39. The second-order valence-corrected chi connectivity index (χ2v) is 11.3. The number of hydrogen-bond acceptors (Lipinski definition) is 5. The molecule has 1 aromatic heterocycles. The van der Waals surface area contributed by atoms with E-state index in [-0.39, 0.29) is 5.91 Å². The van der Waals surface area contributed by atoms with E-state index in [0.29, 0.717) is 24.9 Å². The molecule has 2 N–H and O–H groups in total. The number of methoxy groups -OCH3 is 2. The van der Waals surface area contributed by atoms with Gasteiger partial charge in [0.05, 0.1) is 32.9 Å². The predicted molar refractivity (Wildman–Crippen MR) is 171 cm³/mol. The lowest BCUT2D eigenvalue weighted by atomic mass is 10.0. The zero-order valence-corrected chi connectivity index (χ0v) is 24.8. The van der Waals surface area contributed by atoms with E-state index in [1.165, 1.54) is 5.56 Å². The summed E-state index contributed by atoms with van der Waals surface area (Å²) in [5.74, 6) is 2.69. The van der Waals surface area contributed by atoms with Crippen LogP contribution in [0.5, 0.6) is 11.5 Å². The summed E-state index contributed by atoms with van der Waals surface area (Å²) < 4.78 is 12.5. The molecule has 1 saturated carbocycles. The number of nitrogens with zero attached hydrogens (tertiary/aromatic N) is 2. The fourth-order valence-electron chi connectivity index (χ4n) is 6.01. The van der Waals surface area contributed by atoms with Crippen molar-refractivity contribution in [3.05, 3.63) is 119 Å². The maximum absolute atomic E-state index is 13.4. The zero-order chi connectivity index (χ0) is 29.6. The minimum absolute atomic E-state index is 0.0516. The highest BCUT2D eigenvalue weighted by molar-refractivity contribution is 5.95. The Morgan fingerprint density at radius 2 is 1.56 bits per heavy atom. The Bertz CT molecular complexity index is 1670. The van der Waals surface area contributed by atoms with E-state index in [1.807, 2.05) is 65.3 Å². The number of hydrogen-bond donors (Lipinski definition) is 2. The number of fused-ring (bicyclic) bond motifs is 1. The van der Waals surface area contributed by atoms with Crippen LogP contribution in [0.15, 0.2) is 97.1 Å². The summed E-state index contributed by atoms with van der Waals surface area (Å²) in [6.45, 7) is 1.38. The van der Waals surface area contributed by atoms with E-state index in [4.69, 9.17) is 14.6 Å². The summed E-state index contributed by atoms with van der Waals surface area (Å²) in [4.78, 5) is 13.4. The van der Waals surface area contributed by atoms with Crippen molar-refractivity contribution in [1.82, 2.24) is 15.1 Å². The van der Waals surface area contributed by atoms with Gasteiger partial charge in [0.25, 0.3) is 0 Å². The van der Waals surface area contributed by atoms with Gasteiger partial charge in [-0.1, -0.05) is 66.7 Å². The molecule has 6 rings (SSSR count). The summed E-state index contributed by atoms with van der Waals surface area (Å²) in [5.41, 5.74) is 4.37. The smallest absolute Gasteiger partial charge is 0.229 e. The molecule has 1 fully saturated rings. The van der Waals surface area contributed by atoms with Gasteiger partial charge in [-0.2, -0.15) is 5.10 Å². The molecule has 2 unspecified atom stereocenters. The van der Waals surface area contributed by atoms with E-state index >= 15 is 0 Å². The molecule has 0 saturated heterocycles. The van der Waals surface area contributed by atoms with Crippen LogP contribution in [-0.2, 0) is 24.3 Å². The van der Waals surface area contributed by atoms with Crippen LogP contribution in [0.4, 0.5) is 5.82 Å². The van der Waals surface area contributed by atoms with Gasteiger partial charge in [0, 0.05) is 24.6 Å². The maximum atomic E-state index is 13.4. The Balaban J connectivity index is 1.17. The quantitative estimate of drug-likeness (QED) is 0.183. The number of benzene rings is 4. The highest BCUT2D eigenvalue weighted by atomic mass is 16.5.